The standard InChI is InChI=1S/C22H19NO3S/c1-23(19-13-7-3-8-14-19)22(24)17-21(18-11-5-2-6-12-18)27(25,26)20-15-9-4-10-16-20/h2-17H,1H3/b21-17+. The zero-order valence-electron chi connectivity index (χ0n) is 14.8. The van der Waals surface area contributed by atoms with Gasteiger partial charge in [-0.2, -0.15) is 0 Å². The molecule has 1 amide bonds. The van der Waals surface area contributed by atoms with Crippen LogP contribution in [0.25, 0.3) is 4.91 Å². The average Bonchev–Trinajstić information content (AvgIpc) is 2.73. The number of para-hydroxylation sites is 1. The number of carbonyl (C=O) groups excluding carboxylic acids is 1. The van der Waals surface area contributed by atoms with Crippen molar-refractivity contribution in [1.29, 1.82) is 0 Å². The molecular formula is C22H19NO3S. The molecule has 0 aromatic heterocycles. The predicted molar refractivity (Wildman–Crippen MR) is 108 cm³/mol. The Morgan fingerprint density at radius 3 is 1.81 bits per heavy atom. The smallest absolute Gasteiger partial charge is 0.252 e. The summed E-state index contributed by atoms with van der Waals surface area (Å²) in [6.07, 6.45) is 1.19. The third-order valence-electron chi connectivity index (χ3n) is 4.13. The Kier molecular flexibility index (Phi) is 5.52. The van der Waals surface area contributed by atoms with E-state index in [1.807, 2.05) is 18.2 Å². The van der Waals surface area contributed by atoms with Crippen LogP contribution in [0.1, 0.15) is 5.56 Å². The van der Waals surface area contributed by atoms with Gasteiger partial charge in [-0.3, -0.25) is 4.79 Å². The predicted octanol–water partition coefficient (Wildman–Crippen LogP) is 4.16. The van der Waals surface area contributed by atoms with Gasteiger partial charge in [0.05, 0.1) is 9.80 Å². The molecule has 0 saturated carbocycles. The minimum absolute atomic E-state index is 0.0259. The number of anilines is 1. The highest BCUT2D eigenvalue weighted by molar-refractivity contribution is 8.00. The second kappa shape index (κ2) is 8.01. The van der Waals surface area contributed by atoms with Crippen molar-refractivity contribution >= 4 is 26.3 Å². The molecule has 0 aliphatic rings. The summed E-state index contributed by atoms with van der Waals surface area (Å²) in [5, 5.41) is 0. The van der Waals surface area contributed by atoms with E-state index < -0.39 is 15.7 Å². The first-order chi connectivity index (χ1) is 13.0. The van der Waals surface area contributed by atoms with Gasteiger partial charge >= 0.3 is 0 Å². The van der Waals surface area contributed by atoms with Crippen LogP contribution in [0, 0.1) is 0 Å². The number of likely N-dealkylation sites (N-methyl/N-ethyl adjacent to an activating group) is 1. The van der Waals surface area contributed by atoms with Crippen molar-refractivity contribution < 1.29 is 13.2 Å². The second-order valence-corrected chi connectivity index (χ2v) is 7.84. The van der Waals surface area contributed by atoms with E-state index in [-0.39, 0.29) is 9.80 Å². The van der Waals surface area contributed by atoms with Crippen molar-refractivity contribution in [1.82, 2.24) is 0 Å². The van der Waals surface area contributed by atoms with Crippen LogP contribution in [0.5, 0.6) is 0 Å². The molecule has 0 heterocycles. The maximum absolute atomic E-state index is 13.2. The fraction of sp³-hybridized carbons (Fsp3) is 0.0455. The minimum atomic E-state index is -3.85. The van der Waals surface area contributed by atoms with Crippen molar-refractivity contribution in [3.8, 4) is 0 Å². The van der Waals surface area contributed by atoms with Crippen LogP contribution in [-0.4, -0.2) is 21.4 Å². The highest BCUT2D eigenvalue weighted by Gasteiger charge is 2.24. The van der Waals surface area contributed by atoms with E-state index in [1.165, 1.54) is 23.1 Å². The van der Waals surface area contributed by atoms with Crippen LogP contribution in [0.4, 0.5) is 5.69 Å². The number of hydrogen-bond acceptors (Lipinski definition) is 3. The van der Waals surface area contributed by atoms with E-state index in [0.29, 0.717) is 11.3 Å². The van der Waals surface area contributed by atoms with Gasteiger partial charge in [0.15, 0.2) is 0 Å². The van der Waals surface area contributed by atoms with Gasteiger partial charge in [-0.05, 0) is 29.8 Å². The first-order valence-electron chi connectivity index (χ1n) is 8.40. The number of hydrogen-bond donors (Lipinski definition) is 0. The lowest BCUT2D eigenvalue weighted by Gasteiger charge is -2.16. The highest BCUT2D eigenvalue weighted by Crippen LogP contribution is 2.28. The molecule has 3 aromatic rings. The van der Waals surface area contributed by atoms with E-state index in [4.69, 9.17) is 0 Å². The summed E-state index contributed by atoms with van der Waals surface area (Å²) in [5.74, 6) is -0.417. The zero-order chi connectivity index (χ0) is 19.3. The van der Waals surface area contributed by atoms with Gasteiger partial charge in [0.25, 0.3) is 5.91 Å². The molecule has 0 atom stereocenters. The van der Waals surface area contributed by atoms with Crippen LogP contribution in [0.15, 0.2) is 102 Å². The monoisotopic (exact) mass is 377 g/mol. The van der Waals surface area contributed by atoms with Gasteiger partial charge in [-0.25, -0.2) is 8.42 Å². The first-order valence-corrected chi connectivity index (χ1v) is 9.88. The van der Waals surface area contributed by atoms with Crippen LogP contribution >= 0.6 is 0 Å². The second-order valence-electron chi connectivity index (χ2n) is 5.92. The molecule has 0 saturated heterocycles. The van der Waals surface area contributed by atoms with Gasteiger partial charge in [0.1, 0.15) is 0 Å². The maximum atomic E-state index is 13.2. The number of sulfone groups is 1. The fourth-order valence-electron chi connectivity index (χ4n) is 2.63. The van der Waals surface area contributed by atoms with Crippen LogP contribution in [0.3, 0.4) is 0 Å². The van der Waals surface area contributed by atoms with Gasteiger partial charge in [0, 0.05) is 18.8 Å². The summed E-state index contributed by atoms with van der Waals surface area (Å²) >= 11 is 0. The topological polar surface area (TPSA) is 54.5 Å². The SMILES string of the molecule is CN(C(=O)/C=C(\c1ccccc1)S(=O)(=O)c1ccccc1)c1ccccc1. The number of carbonyl (C=O) groups is 1. The molecule has 0 aliphatic heterocycles. The molecule has 5 heteroatoms. The van der Waals surface area contributed by atoms with E-state index in [2.05, 4.69) is 0 Å². The molecule has 136 valence electrons. The lowest BCUT2D eigenvalue weighted by molar-refractivity contribution is -0.113. The lowest BCUT2D eigenvalue weighted by atomic mass is 10.2. The van der Waals surface area contributed by atoms with Gasteiger partial charge in [-0.15, -0.1) is 0 Å². The van der Waals surface area contributed by atoms with Crippen LogP contribution in [-0.2, 0) is 14.6 Å². The third kappa shape index (κ3) is 4.15. The number of amides is 1. The maximum Gasteiger partial charge on any atom is 0.252 e. The summed E-state index contributed by atoms with van der Waals surface area (Å²) < 4.78 is 26.4. The Morgan fingerprint density at radius 2 is 1.26 bits per heavy atom. The van der Waals surface area contributed by atoms with E-state index >= 15 is 0 Å². The molecule has 0 fully saturated rings. The van der Waals surface area contributed by atoms with Gasteiger partial charge < -0.3 is 4.90 Å². The molecule has 3 rings (SSSR count). The van der Waals surface area contributed by atoms with E-state index in [1.54, 1.807) is 67.7 Å². The van der Waals surface area contributed by atoms with E-state index in [9.17, 15) is 13.2 Å². The molecule has 0 bridgehead atoms. The molecule has 3 aromatic carbocycles. The average molecular weight is 377 g/mol. The largest absolute Gasteiger partial charge is 0.312 e. The number of benzene rings is 3. The first kappa shape index (κ1) is 18.6. The molecule has 0 unspecified atom stereocenters. The Bertz CT molecular complexity index is 1040. The summed E-state index contributed by atoms with van der Waals surface area (Å²) in [6, 6.07) is 25.9. The molecule has 0 radical (unpaired) electrons. The number of nitrogens with zero attached hydrogens (tertiary/aromatic N) is 1. The van der Waals surface area contributed by atoms with Crippen LogP contribution < -0.4 is 4.90 Å². The molecule has 0 aliphatic carbocycles. The normalized spacial score (nSPS) is 11.8. The number of rotatable bonds is 5. The summed E-state index contributed by atoms with van der Waals surface area (Å²) in [4.78, 5) is 14.3. The molecule has 4 nitrogen and oxygen atoms in total. The fourth-order valence-corrected chi connectivity index (χ4v) is 4.10. The third-order valence-corrected chi connectivity index (χ3v) is 5.96. The summed E-state index contributed by atoms with van der Waals surface area (Å²) in [7, 11) is -2.23. The summed E-state index contributed by atoms with van der Waals surface area (Å²) in [5.41, 5.74) is 1.15. The van der Waals surface area contributed by atoms with Crippen molar-refractivity contribution in [3.05, 3.63) is 103 Å². The Labute approximate surface area is 159 Å². The molecule has 0 spiro atoms. The molecule has 0 N–H and O–H groups in total. The molecular weight excluding hydrogens is 358 g/mol. The minimum Gasteiger partial charge on any atom is -0.312 e. The Balaban J connectivity index is 2.08. The molecule has 27 heavy (non-hydrogen) atoms. The zero-order valence-corrected chi connectivity index (χ0v) is 15.6. The van der Waals surface area contributed by atoms with Gasteiger partial charge in [0.2, 0.25) is 9.84 Å². The van der Waals surface area contributed by atoms with Crippen molar-refractivity contribution in [2.75, 3.05) is 11.9 Å². The lowest BCUT2D eigenvalue weighted by Crippen LogP contribution is -2.25. The summed E-state index contributed by atoms with van der Waals surface area (Å²) in [6.45, 7) is 0. The van der Waals surface area contributed by atoms with Crippen LogP contribution in [0.2, 0.25) is 0 Å². The highest BCUT2D eigenvalue weighted by atomic mass is 32.2. The van der Waals surface area contributed by atoms with Crippen molar-refractivity contribution in [2.45, 2.75) is 4.90 Å². The van der Waals surface area contributed by atoms with E-state index in [0.717, 1.165) is 0 Å². The van der Waals surface area contributed by atoms with Gasteiger partial charge in [-0.1, -0.05) is 66.7 Å². The Morgan fingerprint density at radius 1 is 0.778 bits per heavy atom. The quantitative estimate of drug-likeness (QED) is 0.627. The van der Waals surface area contributed by atoms with Crippen molar-refractivity contribution in [2.24, 2.45) is 0 Å². The van der Waals surface area contributed by atoms with Crippen molar-refractivity contribution in [3.63, 3.8) is 0 Å². The Hall–Kier alpha value is -3.18.